The van der Waals surface area contributed by atoms with Gasteiger partial charge >= 0.3 is 0 Å². The second-order valence-electron chi connectivity index (χ2n) is 4.74. The quantitative estimate of drug-likeness (QED) is 0.869. The SMILES string of the molecule is Cc1c(C(N)C2(F)CC2)oc2ccc(F)cc12. The van der Waals surface area contributed by atoms with Crippen LogP contribution in [-0.4, -0.2) is 5.67 Å². The average molecular weight is 237 g/mol. The Morgan fingerprint density at radius 2 is 2.12 bits per heavy atom. The normalized spacial score (nSPS) is 19.5. The van der Waals surface area contributed by atoms with Crippen molar-refractivity contribution in [3.63, 3.8) is 0 Å². The van der Waals surface area contributed by atoms with E-state index in [1.807, 2.05) is 0 Å². The number of nitrogens with two attached hydrogens (primary N) is 1. The molecular weight excluding hydrogens is 224 g/mol. The minimum atomic E-state index is -1.34. The Balaban J connectivity index is 2.14. The summed E-state index contributed by atoms with van der Waals surface area (Å²) >= 11 is 0. The maximum Gasteiger partial charge on any atom is 0.134 e. The zero-order valence-electron chi connectivity index (χ0n) is 9.47. The van der Waals surface area contributed by atoms with Crippen molar-refractivity contribution in [2.75, 3.05) is 0 Å². The second-order valence-corrected chi connectivity index (χ2v) is 4.74. The summed E-state index contributed by atoms with van der Waals surface area (Å²) in [5, 5.41) is 0.666. The van der Waals surface area contributed by atoms with Crippen molar-refractivity contribution in [1.29, 1.82) is 0 Å². The first-order chi connectivity index (χ1) is 8.01. The molecule has 1 aliphatic carbocycles. The fraction of sp³-hybridized carbons (Fsp3) is 0.385. The van der Waals surface area contributed by atoms with Gasteiger partial charge < -0.3 is 10.2 Å². The van der Waals surface area contributed by atoms with Crippen molar-refractivity contribution in [2.24, 2.45) is 5.73 Å². The molecule has 1 atom stereocenters. The summed E-state index contributed by atoms with van der Waals surface area (Å²) in [6.45, 7) is 1.78. The molecule has 0 aliphatic heterocycles. The summed E-state index contributed by atoms with van der Waals surface area (Å²) in [6, 6.07) is 3.51. The van der Waals surface area contributed by atoms with Gasteiger partial charge in [0, 0.05) is 10.9 Å². The predicted octanol–water partition coefficient (Wildman–Crippen LogP) is 3.38. The fourth-order valence-electron chi connectivity index (χ4n) is 2.17. The lowest BCUT2D eigenvalue weighted by Crippen LogP contribution is -2.24. The third kappa shape index (κ3) is 1.55. The van der Waals surface area contributed by atoms with E-state index in [0.29, 0.717) is 29.6 Å². The molecule has 1 aromatic carbocycles. The monoisotopic (exact) mass is 237 g/mol. The maximum atomic E-state index is 13.9. The number of fused-ring (bicyclic) bond motifs is 1. The largest absolute Gasteiger partial charge is 0.459 e. The fourth-order valence-corrected chi connectivity index (χ4v) is 2.17. The minimum Gasteiger partial charge on any atom is -0.459 e. The van der Waals surface area contributed by atoms with Gasteiger partial charge in [-0.1, -0.05) is 0 Å². The molecule has 4 heteroatoms. The van der Waals surface area contributed by atoms with Crippen LogP contribution in [0.1, 0.15) is 30.2 Å². The third-order valence-corrected chi connectivity index (χ3v) is 3.50. The molecule has 0 amide bonds. The lowest BCUT2D eigenvalue weighted by atomic mass is 10.0. The number of aryl methyl sites for hydroxylation is 1. The minimum absolute atomic E-state index is 0.331. The van der Waals surface area contributed by atoms with Gasteiger partial charge in [-0.25, -0.2) is 8.78 Å². The number of rotatable bonds is 2. The Morgan fingerprint density at radius 1 is 1.41 bits per heavy atom. The van der Waals surface area contributed by atoms with Gasteiger partial charge in [0.2, 0.25) is 0 Å². The van der Waals surface area contributed by atoms with Crippen LogP contribution in [0, 0.1) is 12.7 Å². The lowest BCUT2D eigenvalue weighted by molar-refractivity contribution is 0.238. The van der Waals surface area contributed by atoms with Crippen LogP contribution < -0.4 is 5.73 Å². The topological polar surface area (TPSA) is 39.2 Å². The molecule has 1 saturated carbocycles. The van der Waals surface area contributed by atoms with Crippen LogP contribution in [0.15, 0.2) is 22.6 Å². The Bertz CT molecular complexity index is 586. The molecule has 90 valence electrons. The molecular formula is C13H13F2NO. The third-order valence-electron chi connectivity index (χ3n) is 3.50. The first-order valence-electron chi connectivity index (χ1n) is 5.64. The van der Waals surface area contributed by atoms with Gasteiger partial charge in [-0.3, -0.25) is 0 Å². The number of hydrogen-bond donors (Lipinski definition) is 1. The molecule has 1 unspecified atom stereocenters. The van der Waals surface area contributed by atoms with E-state index < -0.39 is 11.7 Å². The molecule has 2 nitrogen and oxygen atoms in total. The first-order valence-corrected chi connectivity index (χ1v) is 5.64. The zero-order valence-corrected chi connectivity index (χ0v) is 9.47. The van der Waals surface area contributed by atoms with E-state index in [-0.39, 0.29) is 5.82 Å². The molecule has 1 heterocycles. The Kier molecular flexibility index (Phi) is 2.08. The summed E-state index contributed by atoms with van der Waals surface area (Å²) < 4.78 is 32.6. The Labute approximate surface area is 97.4 Å². The molecule has 1 fully saturated rings. The molecule has 0 bridgehead atoms. The van der Waals surface area contributed by atoms with Gasteiger partial charge in [-0.2, -0.15) is 0 Å². The van der Waals surface area contributed by atoms with Gasteiger partial charge in [0.15, 0.2) is 0 Å². The van der Waals surface area contributed by atoms with Crippen molar-refractivity contribution >= 4 is 11.0 Å². The van der Waals surface area contributed by atoms with E-state index in [2.05, 4.69) is 0 Å². The average Bonchev–Trinajstić information content (AvgIpc) is 2.97. The van der Waals surface area contributed by atoms with Crippen LogP contribution in [0.5, 0.6) is 0 Å². The molecule has 0 spiro atoms. The molecule has 1 aliphatic rings. The van der Waals surface area contributed by atoms with Crippen molar-refractivity contribution in [3.05, 3.63) is 35.3 Å². The number of hydrogen-bond acceptors (Lipinski definition) is 2. The Hall–Kier alpha value is -1.42. The van der Waals surface area contributed by atoms with Crippen molar-refractivity contribution < 1.29 is 13.2 Å². The maximum absolute atomic E-state index is 13.9. The van der Waals surface area contributed by atoms with Crippen LogP contribution in [0.4, 0.5) is 8.78 Å². The summed E-state index contributed by atoms with van der Waals surface area (Å²) in [5.74, 6) is 0.105. The van der Waals surface area contributed by atoms with Crippen LogP contribution in [0.3, 0.4) is 0 Å². The molecule has 0 radical (unpaired) electrons. The summed E-state index contributed by atoms with van der Waals surface area (Å²) in [7, 11) is 0. The number of alkyl halides is 1. The van der Waals surface area contributed by atoms with E-state index in [1.165, 1.54) is 12.1 Å². The van der Waals surface area contributed by atoms with Crippen LogP contribution >= 0.6 is 0 Å². The number of benzene rings is 1. The van der Waals surface area contributed by atoms with Crippen LogP contribution in [-0.2, 0) is 0 Å². The van der Waals surface area contributed by atoms with E-state index in [9.17, 15) is 8.78 Å². The first kappa shape index (κ1) is 10.7. The molecule has 2 aromatic rings. The second kappa shape index (κ2) is 3.29. The molecule has 0 saturated heterocycles. The highest BCUT2D eigenvalue weighted by Gasteiger charge is 2.51. The van der Waals surface area contributed by atoms with Crippen molar-refractivity contribution in [3.8, 4) is 0 Å². The van der Waals surface area contributed by atoms with E-state index in [4.69, 9.17) is 10.2 Å². The Morgan fingerprint density at radius 3 is 2.76 bits per heavy atom. The van der Waals surface area contributed by atoms with Crippen molar-refractivity contribution in [1.82, 2.24) is 0 Å². The van der Waals surface area contributed by atoms with Gasteiger partial charge in [-0.15, -0.1) is 0 Å². The highest BCUT2D eigenvalue weighted by molar-refractivity contribution is 5.82. The predicted molar refractivity (Wildman–Crippen MR) is 60.9 cm³/mol. The van der Waals surface area contributed by atoms with Crippen LogP contribution in [0.2, 0.25) is 0 Å². The number of furan rings is 1. The number of halogens is 2. The lowest BCUT2D eigenvalue weighted by Gasteiger charge is -2.13. The van der Waals surface area contributed by atoms with Gasteiger partial charge in [0.1, 0.15) is 22.8 Å². The highest BCUT2D eigenvalue weighted by atomic mass is 19.1. The summed E-state index contributed by atoms with van der Waals surface area (Å²) in [4.78, 5) is 0. The van der Waals surface area contributed by atoms with Crippen LogP contribution in [0.25, 0.3) is 11.0 Å². The van der Waals surface area contributed by atoms with E-state index >= 15 is 0 Å². The smallest absolute Gasteiger partial charge is 0.134 e. The summed E-state index contributed by atoms with van der Waals surface area (Å²) in [5.41, 5.74) is 5.83. The van der Waals surface area contributed by atoms with E-state index in [1.54, 1.807) is 13.0 Å². The van der Waals surface area contributed by atoms with Gasteiger partial charge in [0.05, 0.1) is 6.04 Å². The van der Waals surface area contributed by atoms with E-state index in [0.717, 1.165) is 5.56 Å². The highest BCUT2D eigenvalue weighted by Crippen LogP contribution is 2.49. The van der Waals surface area contributed by atoms with Crippen molar-refractivity contribution in [2.45, 2.75) is 31.5 Å². The standard InChI is InChI=1S/C13H13F2NO/c1-7-9-6-8(14)2-3-10(9)17-11(7)12(16)13(15)4-5-13/h2-3,6,12H,4-5,16H2,1H3. The van der Waals surface area contributed by atoms with Gasteiger partial charge in [0.25, 0.3) is 0 Å². The molecule has 2 N–H and O–H groups in total. The molecule has 17 heavy (non-hydrogen) atoms. The molecule has 1 aromatic heterocycles. The van der Waals surface area contributed by atoms with Gasteiger partial charge in [-0.05, 0) is 38.0 Å². The zero-order chi connectivity index (χ0) is 12.2. The molecule has 3 rings (SSSR count). The summed E-state index contributed by atoms with van der Waals surface area (Å²) in [6.07, 6.45) is 0.942.